The van der Waals surface area contributed by atoms with Gasteiger partial charge in [0.2, 0.25) is 11.8 Å². The summed E-state index contributed by atoms with van der Waals surface area (Å²) >= 11 is 5.84. The van der Waals surface area contributed by atoms with E-state index in [0.717, 1.165) is 22.7 Å². The number of rotatable bonds is 12. The number of carboxylic acids is 2. The fourth-order valence-corrected chi connectivity index (χ4v) is 6.24. The Kier molecular flexibility index (Phi) is 9.12. The van der Waals surface area contributed by atoms with E-state index in [0.29, 0.717) is 29.5 Å². The normalized spacial score (nSPS) is 10.7. The molecule has 0 atom stereocenters. The first-order valence-electron chi connectivity index (χ1n) is 8.78. The number of aliphatic carboxylic acids is 2. The van der Waals surface area contributed by atoms with E-state index in [9.17, 15) is 19.2 Å². The third kappa shape index (κ3) is 8.69. The average molecular weight is 547 g/mol. The van der Waals surface area contributed by atoms with Gasteiger partial charge in [0.15, 0.2) is 18.9 Å². The molecule has 0 saturated heterocycles. The van der Waals surface area contributed by atoms with Crippen LogP contribution in [0.2, 0.25) is 0 Å². The summed E-state index contributed by atoms with van der Waals surface area (Å²) in [5, 5.41) is 32.9. The third-order valence-electron chi connectivity index (χ3n) is 3.30. The van der Waals surface area contributed by atoms with E-state index in [1.807, 2.05) is 0 Å². The Hall–Kier alpha value is -2.60. The lowest BCUT2D eigenvalue weighted by molar-refractivity contribution is -0.137. The zero-order chi connectivity index (χ0) is 23.8. The molecular formula is C16H14N6O6S5. The molecule has 2 amide bonds. The van der Waals surface area contributed by atoms with Gasteiger partial charge in [-0.1, -0.05) is 34.9 Å². The predicted molar refractivity (Wildman–Crippen MR) is 126 cm³/mol. The van der Waals surface area contributed by atoms with Gasteiger partial charge in [-0.05, 0) is 0 Å². The van der Waals surface area contributed by atoms with Gasteiger partial charge >= 0.3 is 11.9 Å². The molecule has 0 bridgehead atoms. The quantitative estimate of drug-likeness (QED) is 0.243. The first-order chi connectivity index (χ1) is 15.8. The third-order valence-corrected chi connectivity index (χ3v) is 8.21. The molecule has 0 aliphatic heterocycles. The van der Waals surface area contributed by atoms with Crippen LogP contribution >= 0.6 is 57.5 Å². The number of anilines is 2. The summed E-state index contributed by atoms with van der Waals surface area (Å²) in [7, 11) is 0. The molecule has 3 aromatic heterocycles. The van der Waals surface area contributed by atoms with Gasteiger partial charge in [-0.2, -0.15) is 0 Å². The maximum atomic E-state index is 12.1. The van der Waals surface area contributed by atoms with Crippen molar-refractivity contribution in [2.45, 2.75) is 21.5 Å². The number of nitrogens with zero attached hydrogens (tertiary/aromatic N) is 4. The monoisotopic (exact) mass is 546 g/mol. The molecule has 0 aliphatic carbocycles. The number of carbonyl (C=O) groups excluding carboxylic acids is 2. The van der Waals surface area contributed by atoms with E-state index >= 15 is 0 Å². The molecule has 0 spiro atoms. The Labute approximate surface area is 206 Å². The zero-order valence-corrected chi connectivity index (χ0v) is 20.4. The topological polar surface area (TPSA) is 184 Å². The number of carbonyl (C=O) groups is 4. The Morgan fingerprint density at radius 2 is 1.48 bits per heavy atom. The number of hydrogen-bond acceptors (Lipinski definition) is 13. The van der Waals surface area contributed by atoms with Crippen molar-refractivity contribution in [1.82, 2.24) is 20.2 Å². The van der Waals surface area contributed by atoms with Crippen LogP contribution in [0, 0.1) is 0 Å². The molecule has 0 aliphatic rings. The van der Waals surface area contributed by atoms with Gasteiger partial charge in [-0.3, -0.25) is 19.2 Å². The van der Waals surface area contributed by atoms with E-state index in [4.69, 9.17) is 10.2 Å². The lowest BCUT2D eigenvalue weighted by Crippen LogP contribution is -2.14. The molecule has 3 rings (SSSR count). The maximum absolute atomic E-state index is 12.1. The number of thioether (sulfide) groups is 2. The number of carboxylic acid groups (broad SMARTS) is 2. The van der Waals surface area contributed by atoms with Crippen LogP contribution in [0.4, 0.5) is 10.3 Å². The fourth-order valence-electron chi connectivity index (χ4n) is 2.08. The summed E-state index contributed by atoms with van der Waals surface area (Å²) in [5.74, 6) is -2.46. The van der Waals surface area contributed by atoms with Crippen molar-refractivity contribution in [2.75, 3.05) is 22.1 Å². The number of aromatic nitrogens is 4. The first kappa shape index (κ1) is 25.0. The summed E-state index contributed by atoms with van der Waals surface area (Å²) in [6, 6.07) is 0. The van der Waals surface area contributed by atoms with Crippen molar-refractivity contribution in [3.63, 3.8) is 0 Å². The molecule has 33 heavy (non-hydrogen) atoms. The van der Waals surface area contributed by atoms with Gasteiger partial charge in [0.1, 0.15) is 0 Å². The Bertz CT molecular complexity index is 1070. The second kappa shape index (κ2) is 12.0. The Morgan fingerprint density at radius 3 is 2.09 bits per heavy atom. The van der Waals surface area contributed by atoms with Crippen LogP contribution < -0.4 is 10.6 Å². The number of hydrogen-bond donors (Lipinski definition) is 4. The van der Waals surface area contributed by atoms with Crippen molar-refractivity contribution >= 4 is 91.6 Å². The van der Waals surface area contributed by atoms with E-state index in [2.05, 4.69) is 30.8 Å². The minimum atomic E-state index is -0.996. The van der Waals surface area contributed by atoms with Crippen molar-refractivity contribution < 1.29 is 29.4 Å². The number of amides is 2. The van der Waals surface area contributed by atoms with Crippen molar-refractivity contribution in [2.24, 2.45) is 0 Å². The van der Waals surface area contributed by atoms with Gasteiger partial charge in [-0.25, -0.2) is 9.97 Å². The van der Waals surface area contributed by atoms with Gasteiger partial charge in [0.05, 0.1) is 30.0 Å². The van der Waals surface area contributed by atoms with Crippen LogP contribution in [-0.2, 0) is 32.0 Å². The highest BCUT2D eigenvalue weighted by atomic mass is 32.2. The Balaban J connectivity index is 1.38. The number of nitrogens with one attached hydrogen (secondary N) is 2. The molecule has 0 aromatic carbocycles. The average Bonchev–Trinajstić information content (AvgIpc) is 3.46. The molecule has 0 radical (unpaired) electrons. The van der Waals surface area contributed by atoms with Crippen molar-refractivity contribution in [3.8, 4) is 0 Å². The van der Waals surface area contributed by atoms with Gasteiger partial charge in [0.25, 0.3) is 0 Å². The first-order valence-corrected chi connectivity index (χ1v) is 13.3. The molecule has 0 unspecified atom stereocenters. The van der Waals surface area contributed by atoms with Crippen molar-refractivity contribution in [3.05, 3.63) is 22.1 Å². The lowest BCUT2D eigenvalue weighted by Gasteiger charge is -1.99. The smallest absolute Gasteiger partial charge is 0.309 e. The minimum absolute atomic E-state index is 0.0658. The standard InChI is InChI=1S/C16H14N6O6S5/c23-9(19-13-17-3-8(32-13)2-12(27)28)5-30-15-21-22-16(33-15)31-6-10(24)20-14-18-7(4-29-14)1-11(25)26/h3-4H,1-2,5-6H2,(H,25,26)(H,27,28)(H,17,19,23)(H,18,20,24). The molecule has 0 saturated carbocycles. The van der Waals surface area contributed by atoms with Crippen LogP contribution in [0.15, 0.2) is 20.3 Å². The molecule has 3 aromatic rings. The Morgan fingerprint density at radius 1 is 0.879 bits per heavy atom. The minimum Gasteiger partial charge on any atom is -0.481 e. The van der Waals surface area contributed by atoms with Crippen LogP contribution in [0.25, 0.3) is 0 Å². The highest BCUT2D eigenvalue weighted by Gasteiger charge is 2.14. The summed E-state index contributed by atoms with van der Waals surface area (Å²) < 4.78 is 1.11. The lowest BCUT2D eigenvalue weighted by atomic mass is 10.3. The number of thiazole rings is 2. The van der Waals surface area contributed by atoms with E-state index in [1.54, 1.807) is 5.38 Å². The van der Waals surface area contributed by atoms with E-state index in [-0.39, 0.29) is 36.2 Å². The van der Waals surface area contributed by atoms with Crippen LogP contribution in [0.5, 0.6) is 0 Å². The van der Waals surface area contributed by atoms with Gasteiger partial charge in [0, 0.05) is 16.5 Å². The second-order valence-corrected chi connectivity index (χ2v) is 11.3. The highest BCUT2D eigenvalue weighted by molar-refractivity contribution is 8.03. The largest absolute Gasteiger partial charge is 0.481 e. The van der Waals surface area contributed by atoms with Crippen LogP contribution in [0.1, 0.15) is 10.6 Å². The zero-order valence-electron chi connectivity index (χ0n) is 16.3. The van der Waals surface area contributed by atoms with Gasteiger partial charge in [-0.15, -0.1) is 32.9 Å². The van der Waals surface area contributed by atoms with Gasteiger partial charge < -0.3 is 20.8 Å². The molecule has 3 heterocycles. The fraction of sp³-hybridized carbons (Fsp3) is 0.250. The summed E-state index contributed by atoms with van der Waals surface area (Å²) in [6.07, 6.45) is 1.05. The summed E-state index contributed by atoms with van der Waals surface area (Å²) in [4.78, 5) is 54.0. The van der Waals surface area contributed by atoms with Crippen LogP contribution in [-0.4, -0.2) is 65.6 Å². The van der Waals surface area contributed by atoms with E-state index < -0.39 is 11.9 Å². The van der Waals surface area contributed by atoms with E-state index in [1.165, 1.54) is 41.1 Å². The highest BCUT2D eigenvalue weighted by Crippen LogP contribution is 2.29. The molecule has 4 N–H and O–H groups in total. The molecule has 17 heteroatoms. The molecule has 12 nitrogen and oxygen atoms in total. The summed E-state index contributed by atoms with van der Waals surface area (Å²) in [6.45, 7) is 0. The molecular weight excluding hydrogens is 533 g/mol. The molecule has 0 fully saturated rings. The maximum Gasteiger partial charge on any atom is 0.309 e. The predicted octanol–water partition coefficient (Wildman–Crippen LogP) is 2.17. The van der Waals surface area contributed by atoms with Crippen molar-refractivity contribution in [1.29, 1.82) is 0 Å². The SMILES string of the molecule is O=C(O)Cc1csc(NC(=O)CSc2nnc(SCC(=O)Nc3ncc(CC(=O)O)s3)s2)n1. The molecule has 174 valence electrons. The van der Waals surface area contributed by atoms with Crippen LogP contribution in [0.3, 0.4) is 0 Å². The summed E-state index contributed by atoms with van der Waals surface area (Å²) in [5.41, 5.74) is 0.376. The second-order valence-electron chi connectivity index (χ2n) is 5.92.